The van der Waals surface area contributed by atoms with Crippen molar-refractivity contribution < 1.29 is 19.1 Å². The average Bonchev–Trinajstić information content (AvgIpc) is 2.79. The minimum absolute atomic E-state index is 0.154. The highest BCUT2D eigenvalue weighted by molar-refractivity contribution is 9.10. The highest BCUT2D eigenvalue weighted by atomic mass is 79.9. The summed E-state index contributed by atoms with van der Waals surface area (Å²) in [5, 5.41) is 3.00. The van der Waals surface area contributed by atoms with Crippen molar-refractivity contribution in [2.24, 2.45) is 0 Å². The van der Waals surface area contributed by atoms with Crippen LogP contribution in [0.25, 0.3) is 0 Å². The third-order valence-electron chi connectivity index (χ3n) is 6.64. The normalized spacial score (nSPS) is 25.2. The maximum Gasteiger partial charge on any atom is 0.321 e. The summed E-state index contributed by atoms with van der Waals surface area (Å²) < 4.78 is 11.8. The second kappa shape index (κ2) is 10.1. The lowest BCUT2D eigenvalue weighted by Crippen LogP contribution is -2.67. The van der Waals surface area contributed by atoms with Crippen molar-refractivity contribution in [3.8, 4) is 5.75 Å². The van der Waals surface area contributed by atoms with Gasteiger partial charge >= 0.3 is 12.0 Å². The number of amides is 2. The number of hydrogen-bond donors (Lipinski definition) is 1. The first-order valence-electron chi connectivity index (χ1n) is 11.2. The molecule has 2 aliphatic rings. The molecule has 0 unspecified atom stereocenters. The van der Waals surface area contributed by atoms with Crippen molar-refractivity contribution in [2.45, 2.75) is 44.4 Å². The van der Waals surface area contributed by atoms with Gasteiger partial charge in [0.2, 0.25) is 0 Å². The number of carbonyl (C=O) groups is 2. The summed E-state index contributed by atoms with van der Waals surface area (Å²) >= 11 is 3.51. The first-order chi connectivity index (χ1) is 15.9. The number of rotatable bonds is 4. The van der Waals surface area contributed by atoms with E-state index in [-0.39, 0.29) is 24.1 Å². The van der Waals surface area contributed by atoms with Crippen LogP contribution < -0.4 is 10.1 Å². The fraction of sp³-hybridized carbons (Fsp3) is 0.440. The van der Waals surface area contributed by atoms with E-state index in [9.17, 15) is 9.59 Å². The number of methoxy groups -OCH3 is 1. The Kier molecular flexibility index (Phi) is 7.24. The van der Waals surface area contributed by atoms with Crippen molar-refractivity contribution >= 4 is 33.6 Å². The molecular weight excluding hydrogens is 486 g/mol. The summed E-state index contributed by atoms with van der Waals surface area (Å²) in [6, 6.07) is 16.0. The maximum atomic E-state index is 13.2. The van der Waals surface area contributed by atoms with E-state index in [1.165, 1.54) is 12.5 Å². The molecule has 4 atom stereocenters. The highest BCUT2D eigenvalue weighted by Gasteiger charge is 2.49. The van der Waals surface area contributed by atoms with Crippen LogP contribution in [0, 0.1) is 0 Å². The van der Waals surface area contributed by atoms with Gasteiger partial charge in [-0.3, -0.25) is 9.69 Å². The van der Waals surface area contributed by atoms with E-state index in [1.807, 2.05) is 29.2 Å². The molecule has 2 amide bonds. The molecule has 2 heterocycles. The zero-order valence-electron chi connectivity index (χ0n) is 19.2. The van der Waals surface area contributed by atoms with Crippen LogP contribution >= 0.6 is 15.9 Å². The van der Waals surface area contributed by atoms with E-state index in [0.29, 0.717) is 43.7 Å². The van der Waals surface area contributed by atoms with Crippen molar-refractivity contribution in [3.63, 3.8) is 0 Å². The second-order valence-electron chi connectivity index (χ2n) is 8.71. The minimum Gasteiger partial charge on any atom is -0.497 e. The molecule has 0 bridgehead atoms. The molecule has 4 rings (SSSR count). The summed E-state index contributed by atoms with van der Waals surface area (Å²) in [4.78, 5) is 29.1. The van der Waals surface area contributed by atoms with Crippen LogP contribution in [0.15, 0.2) is 53.0 Å². The molecule has 1 N–H and O–H groups in total. The van der Waals surface area contributed by atoms with Crippen LogP contribution in [-0.4, -0.2) is 66.7 Å². The van der Waals surface area contributed by atoms with E-state index in [4.69, 9.17) is 9.47 Å². The fourth-order valence-electron chi connectivity index (χ4n) is 4.98. The SMILES string of the molecule is COc1ccc(NC(=O)N2CC[C@H](OC(C)=O)CN3[C@H](C)[C@H](c4ccc(Br)cc4)[C@@H]3C2)cc1. The summed E-state index contributed by atoms with van der Waals surface area (Å²) in [7, 11) is 1.61. The monoisotopic (exact) mass is 515 g/mol. The number of esters is 1. The Morgan fingerprint density at radius 1 is 1.06 bits per heavy atom. The molecular formula is C25H30BrN3O4. The van der Waals surface area contributed by atoms with Gasteiger partial charge in [-0.2, -0.15) is 0 Å². The molecule has 0 spiro atoms. The number of nitrogens with zero attached hydrogens (tertiary/aromatic N) is 2. The lowest BCUT2D eigenvalue weighted by Gasteiger charge is -2.57. The number of carbonyl (C=O) groups excluding carboxylic acids is 2. The highest BCUT2D eigenvalue weighted by Crippen LogP contribution is 2.42. The molecule has 8 heteroatoms. The van der Waals surface area contributed by atoms with Gasteiger partial charge in [-0.25, -0.2) is 4.79 Å². The lowest BCUT2D eigenvalue weighted by molar-refractivity contribution is -0.152. The number of halogens is 1. The zero-order chi connectivity index (χ0) is 23.5. The van der Waals surface area contributed by atoms with E-state index in [0.717, 1.165) is 10.2 Å². The van der Waals surface area contributed by atoms with Crippen LogP contribution in [0.5, 0.6) is 5.75 Å². The number of hydrogen-bond acceptors (Lipinski definition) is 5. The van der Waals surface area contributed by atoms with Gasteiger partial charge < -0.3 is 19.7 Å². The largest absolute Gasteiger partial charge is 0.497 e. The molecule has 2 aromatic carbocycles. The Bertz CT molecular complexity index is 982. The van der Waals surface area contributed by atoms with Crippen molar-refractivity contribution in [3.05, 3.63) is 58.6 Å². The maximum absolute atomic E-state index is 13.2. The average molecular weight is 516 g/mol. The van der Waals surface area contributed by atoms with Crippen LogP contribution in [-0.2, 0) is 9.53 Å². The molecule has 33 heavy (non-hydrogen) atoms. The number of urea groups is 1. The Morgan fingerprint density at radius 3 is 2.39 bits per heavy atom. The predicted molar refractivity (Wildman–Crippen MR) is 131 cm³/mol. The summed E-state index contributed by atoms with van der Waals surface area (Å²) in [5.41, 5.74) is 1.97. The molecule has 0 saturated carbocycles. The molecule has 2 aromatic rings. The lowest BCUT2D eigenvalue weighted by atomic mass is 9.75. The molecule has 176 valence electrons. The Balaban J connectivity index is 1.54. The van der Waals surface area contributed by atoms with E-state index < -0.39 is 0 Å². The second-order valence-corrected chi connectivity index (χ2v) is 9.62. The molecule has 2 aliphatic heterocycles. The van der Waals surface area contributed by atoms with E-state index in [2.05, 4.69) is 57.3 Å². The standard InChI is InChI=1S/C25H30BrN3O4/c1-16-24(18-4-6-19(26)7-5-18)23-15-28(13-12-22(14-29(16)23)33-17(2)30)25(31)27-20-8-10-21(32-3)11-9-20/h4-11,16,22-24H,12-15H2,1-3H3,(H,27,31)/t16-,22+,23+,24-/m1/s1. The van der Waals surface area contributed by atoms with Crippen LogP contribution in [0.2, 0.25) is 0 Å². The van der Waals surface area contributed by atoms with Crippen molar-refractivity contribution in [1.82, 2.24) is 9.80 Å². The predicted octanol–water partition coefficient (Wildman–Crippen LogP) is 4.48. The van der Waals surface area contributed by atoms with Gasteiger partial charge in [0.15, 0.2) is 0 Å². The fourth-order valence-corrected chi connectivity index (χ4v) is 5.24. The molecule has 0 aliphatic carbocycles. The quantitative estimate of drug-likeness (QED) is 0.607. The van der Waals surface area contributed by atoms with E-state index in [1.54, 1.807) is 7.11 Å². The zero-order valence-corrected chi connectivity index (χ0v) is 20.7. The molecule has 0 aromatic heterocycles. The van der Waals surface area contributed by atoms with Crippen LogP contribution in [0.1, 0.15) is 31.7 Å². The van der Waals surface area contributed by atoms with Crippen molar-refractivity contribution in [2.75, 3.05) is 32.1 Å². The third-order valence-corrected chi connectivity index (χ3v) is 7.17. The Hall–Kier alpha value is -2.58. The first-order valence-corrected chi connectivity index (χ1v) is 12.0. The number of anilines is 1. The molecule has 7 nitrogen and oxygen atoms in total. The van der Waals surface area contributed by atoms with E-state index >= 15 is 0 Å². The number of fused-ring (bicyclic) bond motifs is 1. The van der Waals surface area contributed by atoms with Gasteiger partial charge in [0.1, 0.15) is 11.9 Å². The van der Waals surface area contributed by atoms with Gasteiger partial charge in [-0.1, -0.05) is 28.1 Å². The summed E-state index contributed by atoms with van der Waals surface area (Å²) in [6.45, 7) is 5.46. The van der Waals surface area contributed by atoms with Crippen molar-refractivity contribution in [1.29, 1.82) is 0 Å². The van der Waals surface area contributed by atoms with Gasteiger partial charge in [0.25, 0.3) is 0 Å². The number of nitrogens with one attached hydrogen (secondary N) is 1. The van der Waals surface area contributed by atoms with Crippen LogP contribution in [0.4, 0.5) is 10.5 Å². The summed E-state index contributed by atoms with van der Waals surface area (Å²) in [5.74, 6) is 0.745. The number of benzene rings is 2. The van der Waals surface area contributed by atoms with Gasteiger partial charge in [-0.15, -0.1) is 0 Å². The topological polar surface area (TPSA) is 71.1 Å². The van der Waals surface area contributed by atoms with Gasteiger partial charge in [-0.05, 0) is 48.9 Å². The minimum atomic E-state index is -0.288. The third kappa shape index (κ3) is 5.33. The summed E-state index contributed by atoms with van der Waals surface area (Å²) in [6.07, 6.45) is 0.365. The van der Waals surface area contributed by atoms with Gasteiger partial charge in [0.05, 0.1) is 7.11 Å². The van der Waals surface area contributed by atoms with Crippen LogP contribution in [0.3, 0.4) is 0 Å². The smallest absolute Gasteiger partial charge is 0.321 e. The molecule has 2 fully saturated rings. The molecule has 2 saturated heterocycles. The molecule has 0 radical (unpaired) electrons. The number of ether oxygens (including phenoxy) is 2. The first kappa shape index (κ1) is 23.6. The Labute approximate surface area is 203 Å². The Morgan fingerprint density at radius 2 is 1.76 bits per heavy atom. The van der Waals surface area contributed by atoms with Gasteiger partial charge in [0, 0.05) is 61.1 Å².